The van der Waals surface area contributed by atoms with Crippen LogP contribution in [0.1, 0.15) is 37.5 Å². The van der Waals surface area contributed by atoms with Gasteiger partial charge >= 0.3 is 0 Å². The predicted molar refractivity (Wildman–Crippen MR) is 95.7 cm³/mol. The summed E-state index contributed by atoms with van der Waals surface area (Å²) in [5, 5.41) is 9.60. The summed E-state index contributed by atoms with van der Waals surface area (Å²) in [6.07, 6.45) is 0.895. The number of hydrogen-bond acceptors (Lipinski definition) is 5. The molecule has 3 rings (SSSR count). The molecule has 1 aromatic heterocycles. The lowest BCUT2D eigenvalue weighted by Gasteiger charge is -2.36. The van der Waals surface area contributed by atoms with Gasteiger partial charge in [-0.3, -0.25) is 0 Å². The molecule has 2 aliphatic rings. The number of fused-ring (bicyclic) bond motifs is 1. The number of hydrogen-bond donors (Lipinski definition) is 1. The van der Waals surface area contributed by atoms with E-state index in [1.807, 2.05) is 0 Å². The van der Waals surface area contributed by atoms with Crippen molar-refractivity contribution in [2.45, 2.75) is 39.9 Å². The fourth-order valence-electron chi connectivity index (χ4n) is 3.45. The van der Waals surface area contributed by atoms with E-state index in [1.54, 1.807) is 0 Å². The monoisotopic (exact) mass is 347 g/mol. The molecule has 0 saturated carbocycles. The predicted octanol–water partition coefficient (Wildman–Crippen LogP) is 3.19. The summed E-state index contributed by atoms with van der Waals surface area (Å²) in [6, 6.07) is 2.31. The van der Waals surface area contributed by atoms with Crippen LogP contribution in [-0.2, 0) is 22.5 Å². The van der Waals surface area contributed by atoms with Gasteiger partial charge in [-0.05, 0) is 17.4 Å². The highest BCUT2D eigenvalue weighted by atomic mass is 32.1. The van der Waals surface area contributed by atoms with Gasteiger partial charge in [-0.15, -0.1) is 0 Å². The number of ether oxygens (including phenoxy) is 2. The Morgan fingerprint density at radius 3 is 2.58 bits per heavy atom. The third kappa shape index (κ3) is 3.21. The van der Waals surface area contributed by atoms with E-state index in [4.69, 9.17) is 21.7 Å². The van der Waals surface area contributed by atoms with Crippen LogP contribution in [0.3, 0.4) is 0 Å². The lowest BCUT2D eigenvalue weighted by molar-refractivity contribution is -0.0175. The minimum atomic E-state index is 0.138. The van der Waals surface area contributed by atoms with Crippen molar-refractivity contribution in [1.29, 1.82) is 5.26 Å². The molecule has 0 aromatic carbocycles. The van der Waals surface area contributed by atoms with E-state index in [9.17, 15) is 5.26 Å². The summed E-state index contributed by atoms with van der Waals surface area (Å²) in [5.74, 6) is 1.99. The van der Waals surface area contributed by atoms with Gasteiger partial charge in [0.2, 0.25) is 0 Å². The number of H-pyrrole nitrogens is 1. The fraction of sp³-hybridized carbons (Fsp3) is 0.667. The molecule has 2 atom stereocenters. The first-order valence-electron chi connectivity index (χ1n) is 8.65. The number of rotatable bonds is 3. The molecule has 1 aromatic rings. The van der Waals surface area contributed by atoms with Gasteiger partial charge in [0.1, 0.15) is 16.5 Å². The minimum Gasteiger partial charge on any atom is -0.378 e. The molecule has 5 nitrogen and oxygen atoms in total. The molecule has 130 valence electrons. The second kappa shape index (κ2) is 7.22. The number of morpholine rings is 1. The van der Waals surface area contributed by atoms with Crippen molar-refractivity contribution in [2.75, 3.05) is 31.2 Å². The Balaban J connectivity index is 2.02. The molecule has 3 heterocycles. The molecule has 0 bridgehead atoms. The van der Waals surface area contributed by atoms with Crippen LogP contribution < -0.4 is 4.90 Å². The van der Waals surface area contributed by atoms with Crippen molar-refractivity contribution in [3.63, 3.8) is 0 Å². The first kappa shape index (κ1) is 17.4. The minimum absolute atomic E-state index is 0.138. The molecule has 1 fully saturated rings. The SMILES string of the molecule is CC(C)C(C)C1Cc2c(c(N3CCOCC3)[nH]c(=S)c2C#N)CO1. The average Bonchev–Trinajstić information content (AvgIpc) is 2.60. The zero-order valence-electron chi connectivity index (χ0n) is 14.6. The number of anilines is 1. The Morgan fingerprint density at radius 2 is 1.96 bits per heavy atom. The van der Waals surface area contributed by atoms with Gasteiger partial charge < -0.3 is 19.4 Å². The van der Waals surface area contributed by atoms with Crippen molar-refractivity contribution >= 4 is 18.0 Å². The molecule has 0 amide bonds. The Bertz CT molecular complexity index is 701. The molecule has 0 spiro atoms. The maximum absolute atomic E-state index is 9.60. The molecule has 2 aliphatic heterocycles. The number of aromatic nitrogens is 1. The second-order valence-electron chi connectivity index (χ2n) is 7.00. The smallest absolute Gasteiger partial charge is 0.123 e. The normalized spacial score (nSPS) is 22.1. The van der Waals surface area contributed by atoms with E-state index < -0.39 is 0 Å². The van der Waals surface area contributed by atoms with Crippen LogP contribution in [0.15, 0.2) is 0 Å². The summed E-state index contributed by atoms with van der Waals surface area (Å²) < 4.78 is 12.2. The van der Waals surface area contributed by atoms with Crippen molar-refractivity contribution in [3.8, 4) is 6.07 Å². The van der Waals surface area contributed by atoms with E-state index >= 15 is 0 Å². The van der Waals surface area contributed by atoms with Crippen molar-refractivity contribution in [2.24, 2.45) is 11.8 Å². The van der Waals surface area contributed by atoms with E-state index in [0.29, 0.717) is 41.9 Å². The van der Waals surface area contributed by atoms with Gasteiger partial charge in [0.05, 0.1) is 31.5 Å². The summed E-state index contributed by atoms with van der Waals surface area (Å²) in [7, 11) is 0. The van der Waals surface area contributed by atoms with Crippen LogP contribution in [0.2, 0.25) is 0 Å². The van der Waals surface area contributed by atoms with Crippen LogP contribution in [0.5, 0.6) is 0 Å². The lowest BCUT2D eigenvalue weighted by Crippen LogP contribution is -2.39. The van der Waals surface area contributed by atoms with E-state index in [-0.39, 0.29) is 6.10 Å². The summed E-state index contributed by atoms with van der Waals surface area (Å²) in [6.45, 7) is 10.3. The summed E-state index contributed by atoms with van der Waals surface area (Å²) in [5.41, 5.74) is 2.78. The zero-order chi connectivity index (χ0) is 17.3. The van der Waals surface area contributed by atoms with Crippen LogP contribution in [-0.4, -0.2) is 37.4 Å². The summed E-state index contributed by atoms with van der Waals surface area (Å²) >= 11 is 5.47. The number of nitriles is 1. The van der Waals surface area contributed by atoms with Gasteiger partial charge in [-0.25, -0.2) is 0 Å². The van der Waals surface area contributed by atoms with E-state index in [0.717, 1.165) is 36.5 Å². The van der Waals surface area contributed by atoms with Gasteiger partial charge in [0.25, 0.3) is 0 Å². The quantitative estimate of drug-likeness (QED) is 0.851. The zero-order valence-corrected chi connectivity index (χ0v) is 15.4. The van der Waals surface area contributed by atoms with Crippen molar-refractivity contribution in [1.82, 2.24) is 4.98 Å². The molecular formula is C18H25N3O2S. The Hall–Kier alpha value is -1.42. The Labute approximate surface area is 148 Å². The van der Waals surface area contributed by atoms with Gasteiger partial charge in [0, 0.05) is 25.1 Å². The number of nitrogens with one attached hydrogen (secondary N) is 1. The van der Waals surface area contributed by atoms with E-state index in [1.165, 1.54) is 0 Å². The van der Waals surface area contributed by atoms with Crippen LogP contribution in [0.4, 0.5) is 5.82 Å². The third-order valence-corrected chi connectivity index (χ3v) is 5.64. The second-order valence-corrected chi connectivity index (χ2v) is 7.41. The largest absolute Gasteiger partial charge is 0.378 e. The molecule has 1 saturated heterocycles. The van der Waals surface area contributed by atoms with Crippen molar-refractivity contribution in [3.05, 3.63) is 21.3 Å². The van der Waals surface area contributed by atoms with Crippen molar-refractivity contribution < 1.29 is 9.47 Å². The lowest BCUT2D eigenvalue weighted by atomic mass is 9.85. The maximum atomic E-state index is 9.60. The number of nitrogens with zero attached hydrogens (tertiary/aromatic N) is 2. The Kier molecular flexibility index (Phi) is 5.24. The Morgan fingerprint density at radius 1 is 1.25 bits per heavy atom. The molecule has 24 heavy (non-hydrogen) atoms. The highest BCUT2D eigenvalue weighted by Gasteiger charge is 2.31. The average molecular weight is 347 g/mol. The summed E-state index contributed by atoms with van der Waals surface area (Å²) in [4.78, 5) is 5.53. The third-order valence-electron chi connectivity index (χ3n) is 5.34. The first-order chi connectivity index (χ1) is 11.5. The molecular weight excluding hydrogens is 322 g/mol. The standard InChI is InChI=1S/C18H25N3O2S/c1-11(2)12(3)16-8-13-14(9-19)18(24)20-17(15(13)10-23-16)21-4-6-22-7-5-21/h11-12,16H,4-8,10H2,1-3H3,(H,20,24). The molecule has 0 radical (unpaired) electrons. The number of aromatic amines is 1. The molecule has 6 heteroatoms. The van der Waals surface area contributed by atoms with E-state index in [2.05, 4.69) is 36.7 Å². The molecule has 2 unspecified atom stereocenters. The fourth-order valence-corrected chi connectivity index (χ4v) is 3.72. The van der Waals surface area contributed by atoms with Crippen LogP contribution in [0, 0.1) is 27.8 Å². The van der Waals surface area contributed by atoms with Crippen LogP contribution in [0.25, 0.3) is 0 Å². The molecule has 1 N–H and O–H groups in total. The topological polar surface area (TPSA) is 61.3 Å². The first-order valence-corrected chi connectivity index (χ1v) is 9.06. The maximum Gasteiger partial charge on any atom is 0.123 e. The molecule has 0 aliphatic carbocycles. The van der Waals surface area contributed by atoms with Gasteiger partial charge in [-0.1, -0.05) is 33.0 Å². The van der Waals surface area contributed by atoms with Crippen LogP contribution >= 0.6 is 12.2 Å². The van der Waals surface area contributed by atoms with Gasteiger partial charge in [-0.2, -0.15) is 5.26 Å². The highest BCUT2D eigenvalue weighted by molar-refractivity contribution is 7.71. The van der Waals surface area contributed by atoms with Gasteiger partial charge in [0.15, 0.2) is 0 Å². The highest BCUT2D eigenvalue weighted by Crippen LogP contribution is 2.34. The number of pyridine rings is 1.